The molecule has 26 heavy (non-hydrogen) atoms. The van der Waals surface area contributed by atoms with Crippen LogP contribution in [0.1, 0.15) is 40.5 Å². The predicted molar refractivity (Wildman–Crippen MR) is 106 cm³/mol. The van der Waals surface area contributed by atoms with Crippen LogP contribution in [0.15, 0.2) is 12.1 Å². The van der Waals surface area contributed by atoms with Gasteiger partial charge in [-0.3, -0.25) is 4.79 Å². The lowest BCUT2D eigenvalue weighted by Crippen LogP contribution is -2.30. The molecule has 2 N–H and O–H groups in total. The first-order chi connectivity index (χ1) is 12.5. The van der Waals surface area contributed by atoms with Gasteiger partial charge in [0.1, 0.15) is 11.5 Å². The monoisotopic (exact) mass is 390 g/mol. The number of ether oxygens (including phenoxy) is 3. The number of nitrogens with one attached hydrogen (secondary N) is 2. The molecule has 1 rings (SSSR count). The highest BCUT2D eigenvalue weighted by molar-refractivity contribution is 6.32. The summed E-state index contributed by atoms with van der Waals surface area (Å²) in [7, 11) is 4.27. The summed E-state index contributed by atoms with van der Waals surface area (Å²) in [6, 6.07) is 2.69. The fraction of sp³-hybridized carbons (Fsp3) is 0.556. The number of anilines is 1. The van der Waals surface area contributed by atoms with Crippen LogP contribution < -0.4 is 20.1 Å². The van der Waals surface area contributed by atoms with Crippen LogP contribution in [0.5, 0.6) is 11.5 Å². The van der Waals surface area contributed by atoms with Crippen LogP contribution in [0.25, 0.3) is 0 Å². The van der Waals surface area contributed by atoms with E-state index in [4.69, 9.17) is 21.1 Å². The largest absolute Gasteiger partial charge is 0.495 e. The van der Waals surface area contributed by atoms with E-state index in [2.05, 4.69) is 15.4 Å². The normalized spacial score (nSPS) is 8.77. The number of rotatable bonds is 7. The molecule has 0 saturated heterocycles. The Hall–Kier alpha value is -2.15. The van der Waals surface area contributed by atoms with Crippen LogP contribution in [0.3, 0.4) is 0 Å². The lowest BCUT2D eigenvalue weighted by atomic mass is 10.2. The Labute approximate surface area is 161 Å². The van der Waals surface area contributed by atoms with Crippen molar-refractivity contribution in [1.82, 2.24) is 5.32 Å². The molecule has 0 bridgehead atoms. The van der Waals surface area contributed by atoms with Crippen LogP contribution in [0.2, 0.25) is 5.02 Å². The molecule has 1 aromatic carbocycles. The molecular formula is C18H31ClN2O5. The zero-order valence-electron chi connectivity index (χ0n) is 16.7. The molecule has 2 amide bonds. The highest BCUT2D eigenvalue weighted by atomic mass is 35.5. The van der Waals surface area contributed by atoms with E-state index < -0.39 is 6.03 Å². The van der Waals surface area contributed by atoms with Gasteiger partial charge in [-0.05, 0) is 6.42 Å². The summed E-state index contributed by atoms with van der Waals surface area (Å²) < 4.78 is 14.8. The Morgan fingerprint density at radius 2 is 1.58 bits per heavy atom. The van der Waals surface area contributed by atoms with Crippen LogP contribution in [-0.2, 0) is 9.53 Å². The fourth-order valence-electron chi connectivity index (χ4n) is 1.66. The quantitative estimate of drug-likeness (QED) is 0.529. The Bertz CT molecular complexity index is 539. The second-order valence-corrected chi connectivity index (χ2v) is 4.65. The number of carbonyl (C=O) groups is 2. The summed E-state index contributed by atoms with van der Waals surface area (Å²) >= 11 is 5.99. The lowest BCUT2D eigenvalue weighted by Gasteiger charge is -2.13. The fourth-order valence-corrected chi connectivity index (χ4v) is 1.89. The van der Waals surface area contributed by atoms with E-state index in [0.717, 1.165) is 0 Å². The van der Waals surface area contributed by atoms with Gasteiger partial charge in [-0.2, -0.15) is 0 Å². The number of methoxy groups -OCH3 is 3. The molecule has 0 aliphatic rings. The summed E-state index contributed by atoms with van der Waals surface area (Å²) in [5.74, 6) is 0.519. The van der Waals surface area contributed by atoms with E-state index in [9.17, 15) is 9.59 Å². The van der Waals surface area contributed by atoms with Crippen molar-refractivity contribution in [2.75, 3.05) is 33.2 Å². The third-order valence-corrected chi connectivity index (χ3v) is 3.09. The molecule has 7 nitrogen and oxygen atoms in total. The Morgan fingerprint density at radius 3 is 2.08 bits per heavy atom. The zero-order valence-corrected chi connectivity index (χ0v) is 17.5. The first-order valence-electron chi connectivity index (χ1n) is 8.55. The number of amides is 2. The van der Waals surface area contributed by atoms with Crippen molar-refractivity contribution in [3.05, 3.63) is 17.2 Å². The Morgan fingerprint density at radius 1 is 1.00 bits per heavy atom. The molecule has 0 aliphatic heterocycles. The van der Waals surface area contributed by atoms with Gasteiger partial charge in [-0.25, -0.2) is 4.79 Å². The van der Waals surface area contributed by atoms with E-state index >= 15 is 0 Å². The van der Waals surface area contributed by atoms with Crippen LogP contribution >= 0.6 is 11.6 Å². The van der Waals surface area contributed by atoms with E-state index in [1.54, 1.807) is 12.1 Å². The summed E-state index contributed by atoms with van der Waals surface area (Å²) in [5.41, 5.74) is 0.425. The molecule has 0 unspecified atom stereocenters. The van der Waals surface area contributed by atoms with E-state index in [1.165, 1.54) is 21.3 Å². The van der Waals surface area contributed by atoms with Gasteiger partial charge in [0.05, 0.1) is 32.0 Å². The first-order valence-corrected chi connectivity index (χ1v) is 8.92. The van der Waals surface area contributed by atoms with E-state index in [1.807, 2.05) is 27.7 Å². The minimum atomic E-state index is -0.424. The smallest absolute Gasteiger partial charge is 0.319 e. The van der Waals surface area contributed by atoms with Crippen molar-refractivity contribution in [2.24, 2.45) is 0 Å². The molecule has 0 spiro atoms. The topological polar surface area (TPSA) is 85.9 Å². The van der Waals surface area contributed by atoms with Gasteiger partial charge in [0.2, 0.25) is 0 Å². The lowest BCUT2D eigenvalue weighted by molar-refractivity contribution is -0.140. The Balaban J connectivity index is 0. The summed E-state index contributed by atoms with van der Waals surface area (Å²) in [4.78, 5) is 22.8. The molecule has 0 fully saturated rings. The average molecular weight is 391 g/mol. The zero-order chi connectivity index (χ0) is 20.5. The average Bonchev–Trinajstić information content (AvgIpc) is 2.69. The number of hydrogen-bond donors (Lipinski definition) is 2. The molecule has 0 radical (unpaired) electrons. The van der Waals surface area contributed by atoms with Crippen LogP contribution in [-0.4, -0.2) is 39.9 Å². The first kappa shape index (κ1) is 26.1. The molecule has 0 aliphatic carbocycles. The molecule has 1 aromatic rings. The number of hydrogen-bond acceptors (Lipinski definition) is 5. The van der Waals surface area contributed by atoms with E-state index in [0.29, 0.717) is 35.2 Å². The number of urea groups is 1. The number of halogens is 1. The van der Waals surface area contributed by atoms with Gasteiger partial charge in [0, 0.05) is 25.1 Å². The Kier molecular flexibility index (Phi) is 16.4. The highest BCUT2D eigenvalue weighted by Crippen LogP contribution is 2.35. The minimum absolute atomic E-state index is 0.245. The molecule has 0 saturated carbocycles. The predicted octanol–water partition coefficient (Wildman–Crippen LogP) is 4.48. The molecular weight excluding hydrogens is 360 g/mol. The summed E-state index contributed by atoms with van der Waals surface area (Å²) in [6.07, 6.45) is 0.732. The van der Waals surface area contributed by atoms with Crippen LogP contribution in [0, 0.1) is 0 Å². The van der Waals surface area contributed by atoms with Crippen molar-refractivity contribution >= 4 is 29.3 Å². The third kappa shape index (κ3) is 9.98. The van der Waals surface area contributed by atoms with Gasteiger partial charge in [0.25, 0.3) is 0 Å². The maximum Gasteiger partial charge on any atom is 0.319 e. The van der Waals surface area contributed by atoms with Crippen molar-refractivity contribution in [2.45, 2.75) is 40.5 Å². The summed E-state index contributed by atoms with van der Waals surface area (Å²) in [5, 5.41) is 5.64. The van der Waals surface area contributed by atoms with Crippen molar-refractivity contribution in [3.8, 4) is 11.5 Å². The molecule has 0 aromatic heterocycles. The molecule has 8 heteroatoms. The van der Waals surface area contributed by atoms with Crippen molar-refractivity contribution < 1.29 is 23.8 Å². The number of benzene rings is 1. The number of carbonyl (C=O) groups excluding carboxylic acids is 2. The maximum atomic E-state index is 11.8. The maximum absolute atomic E-state index is 11.8. The van der Waals surface area contributed by atoms with Gasteiger partial charge in [-0.1, -0.05) is 39.3 Å². The van der Waals surface area contributed by atoms with Crippen molar-refractivity contribution in [1.29, 1.82) is 0 Å². The van der Waals surface area contributed by atoms with Crippen molar-refractivity contribution in [3.63, 3.8) is 0 Å². The second kappa shape index (κ2) is 16.3. The second-order valence-electron chi connectivity index (χ2n) is 4.25. The molecule has 0 heterocycles. The molecule has 0 atom stereocenters. The summed E-state index contributed by atoms with van der Waals surface area (Å²) in [6.45, 7) is 8.34. The van der Waals surface area contributed by atoms with Gasteiger partial charge in [-0.15, -0.1) is 0 Å². The third-order valence-electron chi connectivity index (χ3n) is 2.79. The highest BCUT2D eigenvalue weighted by Gasteiger charge is 2.12. The van der Waals surface area contributed by atoms with Gasteiger partial charge < -0.3 is 24.8 Å². The van der Waals surface area contributed by atoms with Gasteiger partial charge >= 0.3 is 12.0 Å². The minimum Gasteiger partial charge on any atom is -0.495 e. The van der Waals surface area contributed by atoms with Crippen LogP contribution in [0.4, 0.5) is 10.5 Å². The standard InChI is InChI=1S/C14H19ClN2O5.2C2H6/c1-20-11-8-10(12(21-2)7-9(11)15)17-14(19)16-6-4-5-13(18)22-3;2*1-2/h7-8H,4-6H2,1-3H3,(H2,16,17,19);2*1-2H3. The van der Waals surface area contributed by atoms with Gasteiger partial charge in [0.15, 0.2) is 0 Å². The SMILES string of the molecule is CC.CC.COC(=O)CCCNC(=O)Nc1cc(OC)c(Cl)cc1OC. The van der Waals surface area contributed by atoms with E-state index in [-0.39, 0.29) is 12.4 Å². The molecule has 150 valence electrons. The number of esters is 1.